The van der Waals surface area contributed by atoms with E-state index in [9.17, 15) is 10.1 Å². The molecule has 0 unspecified atom stereocenters. The van der Waals surface area contributed by atoms with E-state index in [0.717, 1.165) is 17.0 Å². The third-order valence-electron chi connectivity index (χ3n) is 3.35. The highest BCUT2D eigenvalue weighted by Crippen LogP contribution is 2.32. The second-order valence-corrected chi connectivity index (χ2v) is 6.42. The van der Waals surface area contributed by atoms with E-state index in [4.69, 9.17) is 0 Å². The van der Waals surface area contributed by atoms with Gasteiger partial charge in [0.15, 0.2) is 0 Å². The average molecular weight is 310 g/mol. The van der Waals surface area contributed by atoms with Crippen molar-refractivity contribution in [3.63, 3.8) is 0 Å². The number of anilines is 1. The smallest absolute Gasteiger partial charge is 0.270 e. The highest BCUT2D eigenvalue weighted by Gasteiger charge is 2.20. The van der Waals surface area contributed by atoms with Gasteiger partial charge in [0, 0.05) is 29.4 Å². The summed E-state index contributed by atoms with van der Waals surface area (Å²) in [6.45, 7) is 6.19. The van der Waals surface area contributed by atoms with Crippen molar-refractivity contribution in [1.82, 2.24) is 9.38 Å². The van der Waals surface area contributed by atoms with Gasteiger partial charge in [-0.3, -0.25) is 14.5 Å². The first kappa shape index (κ1) is 15.0. The van der Waals surface area contributed by atoms with Crippen LogP contribution in [0.5, 0.6) is 0 Å². The number of hydrogen-bond acceptors (Lipinski definition) is 4. The van der Waals surface area contributed by atoms with E-state index in [1.165, 1.54) is 6.07 Å². The van der Waals surface area contributed by atoms with Gasteiger partial charge in [0.05, 0.1) is 4.92 Å². The lowest BCUT2D eigenvalue weighted by molar-refractivity contribution is -0.384. The van der Waals surface area contributed by atoms with Crippen molar-refractivity contribution in [1.29, 1.82) is 0 Å². The summed E-state index contributed by atoms with van der Waals surface area (Å²) in [4.78, 5) is 15.3. The summed E-state index contributed by atoms with van der Waals surface area (Å²) < 4.78 is 1.96. The molecular formula is C17H18N4O2. The Morgan fingerprint density at radius 2 is 1.96 bits per heavy atom. The molecule has 0 amide bonds. The molecule has 3 rings (SSSR count). The number of non-ortho nitro benzene ring substituents is 1. The van der Waals surface area contributed by atoms with Gasteiger partial charge in [-0.25, -0.2) is 4.98 Å². The molecule has 2 heterocycles. The van der Waals surface area contributed by atoms with E-state index in [1.807, 2.05) is 34.9 Å². The molecule has 0 bridgehead atoms. The van der Waals surface area contributed by atoms with Crippen molar-refractivity contribution >= 4 is 17.2 Å². The summed E-state index contributed by atoms with van der Waals surface area (Å²) >= 11 is 0. The van der Waals surface area contributed by atoms with Gasteiger partial charge in [-0.1, -0.05) is 18.2 Å². The lowest BCUT2D eigenvalue weighted by Crippen LogP contribution is -2.27. The van der Waals surface area contributed by atoms with Crippen LogP contribution in [-0.4, -0.2) is 19.8 Å². The van der Waals surface area contributed by atoms with Gasteiger partial charge in [-0.05, 0) is 32.9 Å². The lowest BCUT2D eigenvalue weighted by Gasteiger charge is -2.22. The second-order valence-electron chi connectivity index (χ2n) is 6.42. The molecule has 118 valence electrons. The summed E-state index contributed by atoms with van der Waals surface area (Å²) in [5.74, 6) is 0.827. The number of aromatic nitrogens is 2. The third kappa shape index (κ3) is 3.01. The van der Waals surface area contributed by atoms with E-state index >= 15 is 0 Å². The lowest BCUT2D eigenvalue weighted by atomic mass is 10.1. The van der Waals surface area contributed by atoms with Crippen LogP contribution in [0, 0.1) is 10.1 Å². The first-order chi connectivity index (χ1) is 10.8. The molecule has 6 nitrogen and oxygen atoms in total. The normalized spacial score (nSPS) is 11.6. The molecule has 1 aromatic carbocycles. The van der Waals surface area contributed by atoms with Crippen LogP contribution < -0.4 is 5.32 Å². The van der Waals surface area contributed by atoms with Gasteiger partial charge >= 0.3 is 0 Å². The van der Waals surface area contributed by atoms with Gasteiger partial charge in [0.2, 0.25) is 0 Å². The van der Waals surface area contributed by atoms with E-state index in [1.54, 1.807) is 12.1 Å². The first-order valence-corrected chi connectivity index (χ1v) is 7.35. The average Bonchev–Trinajstić information content (AvgIpc) is 2.84. The summed E-state index contributed by atoms with van der Waals surface area (Å²) in [6, 6.07) is 12.3. The SMILES string of the molecule is CC(C)(C)Nc1c(-c2cccc([N+](=O)[O-])c2)nc2ccccn12. The maximum Gasteiger partial charge on any atom is 0.270 e. The molecule has 0 spiro atoms. The first-order valence-electron chi connectivity index (χ1n) is 7.35. The summed E-state index contributed by atoms with van der Waals surface area (Å²) in [7, 11) is 0. The molecule has 0 saturated heterocycles. The fourth-order valence-electron chi connectivity index (χ4n) is 2.44. The van der Waals surface area contributed by atoms with Gasteiger partial charge in [0.25, 0.3) is 5.69 Å². The van der Waals surface area contributed by atoms with Crippen LogP contribution in [0.25, 0.3) is 16.9 Å². The Bertz CT molecular complexity index is 878. The highest BCUT2D eigenvalue weighted by molar-refractivity contribution is 5.78. The topological polar surface area (TPSA) is 72.5 Å². The quantitative estimate of drug-likeness (QED) is 0.583. The number of rotatable bonds is 3. The number of imidazole rings is 1. The van der Waals surface area contributed by atoms with Crippen molar-refractivity contribution in [2.24, 2.45) is 0 Å². The molecule has 0 radical (unpaired) electrons. The summed E-state index contributed by atoms with van der Waals surface area (Å²) in [5, 5.41) is 14.5. The van der Waals surface area contributed by atoms with Crippen LogP contribution in [-0.2, 0) is 0 Å². The largest absolute Gasteiger partial charge is 0.365 e. The molecule has 6 heteroatoms. The van der Waals surface area contributed by atoms with Crippen LogP contribution in [0.1, 0.15) is 20.8 Å². The molecular weight excluding hydrogens is 292 g/mol. The number of pyridine rings is 1. The number of nitrogens with zero attached hydrogens (tertiary/aromatic N) is 3. The zero-order valence-electron chi connectivity index (χ0n) is 13.3. The van der Waals surface area contributed by atoms with Crippen LogP contribution in [0.2, 0.25) is 0 Å². The predicted octanol–water partition coefficient (Wildman–Crippen LogP) is 4.12. The number of nitro benzene ring substituents is 1. The minimum absolute atomic E-state index is 0.0567. The maximum atomic E-state index is 11.0. The number of nitro groups is 1. The van der Waals surface area contributed by atoms with Crippen molar-refractivity contribution in [3.05, 3.63) is 58.8 Å². The van der Waals surface area contributed by atoms with Gasteiger partial charge in [0.1, 0.15) is 17.2 Å². The minimum Gasteiger partial charge on any atom is -0.365 e. The highest BCUT2D eigenvalue weighted by atomic mass is 16.6. The van der Waals surface area contributed by atoms with Gasteiger partial charge in [-0.2, -0.15) is 0 Å². The summed E-state index contributed by atoms with van der Waals surface area (Å²) in [6.07, 6.45) is 1.93. The zero-order chi connectivity index (χ0) is 16.6. The second kappa shape index (κ2) is 5.39. The molecule has 0 saturated carbocycles. The fraction of sp³-hybridized carbons (Fsp3) is 0.235. The van der Waals surface area contributed by atoms with E-state index < -0.39 is 4.92 Å². The molecule has 3 aromatic rings. The van der Waals surface area contributed by atoms with Gasteiger partial charge < -0.3 is 5.32 Å². The Balaban J connectivity index is 2.22. The number of fused-ring (bicyclic) bond motifs is 1. The van der Waals surface area contributed by atoms with Crippen molar-refractivity contribution in [2.75, 3.05) is 5.32 Å². The number of benzene rings is 1. The monoisotopic (exact) mass is 310 g/mol. The van der Waals surface area contributed by atoms with Crippen molar-refractivity contribution in [2.45, 2.75) is 26.3 Å². The molecule has 0 aliphatic rings. The van der Waals surface area contributed by atoms with Crippen LogP contribution >= 0.6 is 0 Å². The molecule has 0 aliphatic heterocycles. The summed E-state index contributed by atoms with van der Waals surface area (Å²) in [5.41, 5.74) is 2.10. The Morgan fingerprint density at radius 3 is 2.65 bits per heavy atom. The molecule has 2 aromatic heterocycles. The Morgan fingerprint density at radius 1 is 1.17 bits per heavy atom. The maximum absolute atomic E-state index is 11.0. The van der Waals surface area contributed by atoms with Crippen LogP contribution in [0.4, 0.5) is 11.5 Å². The fourth-order valence-corrected chi connectivity index (χ4v) is 2.44. The van der Waals surface area contributed by atoms with Crippen molar-refractivity contribution in [3.8, 4) is 11.3 Å². The standard InChI is InChI=1S/C17H18N4O2/c1-17(2,3)19-16-15(18-14-9-4-5-10-20(14)16)12-7-6-8-13(11-12)21(22)23/h4-11,19H,1-3H3. The Labute approximate surface area is 133 Å². The van der Waals surface area contributed by atoms with Crippen LogP contribution in [0.15, 0.2) is 48.7 Å². The number of hydrogen-bond donors (Lipinski definition) is 1. The van der Waals surface area contributed by atoms with E-state index in [0.29, 0.717) is 5.69 Å². The zero-order valence-corrected chi connectivity index (χ0v) is 13.3. The number of nitrogens with one attached hydrogen (secondary N) is 1. The molecule has 0 fully saturated rings. The Hall–Kier alpha value is -2.89. The minimum atomic E-state index is -0.393. The molecule has 0 atom stereocenters. The van der Waals surface area contributed by atoms with Crippen molar-refractivity contribution < 1.29 is 4.92 Å². The van der Waals surface area contributed by atoms with Gasteiger partial charge in [-0.15, -0.1) is 0 Å². The Kier molecular flexibility index (Phi) is 3.52. The molecule has 1 N–H and O–H groups in total. The van der Waals surface area contributed by atoms with Crippen LogP contribution in [0.3, 0.4) is 0 Å². The molecule has 0 aliphatic carbocycles. The predicted molar refractivity (Wildman–Crippen MR) is 90.7 cm³/mol. The van der Waals surface area contributed by atoms with E-state index in [-0.39, 0.29) is 11.2 Å². The van der Waals surface area contributed by atoms with E-state index in [2.05, 4.69) is 31.1 Å². The third-order valence-corrected chi connectivity index (χ3v) is 3.35. The molecule has 23 heavy (non-hydrogen) atoms.